The monoisotopic (exact) mass is 734 g/mol. The van der Waals surface area contributed by atoms with Crippen LogP contribution in [0.3, 0.4) is 0 Å². The standard InChI is InChI=1S/C31H37N5O2.C12H17NOS/c1-31(2)16-23-5-3-4-6-24(23)19-36(31)18-20-7-8-21-14-26(29(32)37)28(15-27(21)33-11-9-20)38-25-13-22-10-12-34-30(22)35-17-25;15-12-3-1-11(2-4-12)13-9-10-5-7-14-8-6-10/h3-6,10,12-15,17,20-21,27,33H,7-9,11,16,18-19H2,1-2H3,(H2,32,37)(H,34,35);1-4,10,13,15H,5-9H2. The second kappa shape index (κ2) is 16.9. The molecule has 8 rings (SSSR count). The molecule has 5 heterocycles. The van der Waals surface area contributed by atoms with Gasteiger partial charge in [0.1, 0.15) is 17.2 Å². The van der Waals surface area contributed by atoms with E-state index in [1.165, 1.54) is 29.7 Å². The van der Waals surface area contributed by atoms with Gasteiger partial charge in [-0.05, 0) is 130 Å². The molecule has 0 spiro atoms. The van der Waals surface area contributed by atoms with Crippen LogP contribution in [0.5, 0.6) is 5.75 Å². The number of anilines is 1. The number of hydrogen-bond donors (Lipinski definition) is 5. The summed E-state index contributed by atoms with van der Waals surface area (Å²) in [5.74, 6) is 2.19. The summed E-state index contributed by atoms with van der Waals surface area (Å²) in [4.78, 5) is 23.6. The molecule has 3 aliphatic heterocycles. The maximum atomic E-state index is 12.4. The first-order valence-corrected chi connectivity index (χ1v) is 19.7. The maximum absolute atomic E-state index is 12.4. The normalized spacial score (nSPS) is 23.2. The number of ether oxygens (including phenoxy) is 2. The fourth-order valence-corrected chi connectivity index (χ4v) is 8.30. The number of pyridine rings is 1. The van der Waals surface area contributed by atoms with Crippen LogP contribution in [-0.2, 0) is 22.5 Å². The average Bonchev–Trinajstić information content (AvgIpc) is 3.62. The molecule has 3 unspecified atom stereocenters. The average molecular weight is 735 g/mol. The van der Waals surface area contributed by atoms with Crippen molar-refractivity contribution in [1.29, 1.82) is 0 Å². The van der Waals surface area contributed by atoms with Crippen LogP contribution in [0.15, 0.2) is 101 Å². The molecule has 3 atom stereocenters. The van der Waals surface area contributed by atoms with E-state index < -0.39 is 5.91 Å². The van der Waals surface area contributed by atoms with Gasteiger partial charge in [0, 0.05) is 66.6 Å². The number of rotatable bonds is 8. The van der Waals surface area contributed by atoms with Crippen LogP contribution < -0.4 is 21.1 Å². The number of aromatic nitrogens is 2. The lowest BCUT2D eigenvalue weighted by atomic mass is 9.80. The van der Waals surface area contributed by atoms with Gasteiger partial charge in [-0.25, -0.2) is 4.98 Å². The Morgan fingerprint density at radius 1 is 1.02 bits per heavy atom. The smallest absolute Gasteiger partial charge is 0.252 e. The van der Waals surface area contributed by atoms with E-state index in [2.05, 4.69) is 88.4 Å². The van der Waals surface area contributed by atoms with Gasteiger partial charge in [-0.15, -0.1) is 12.6 Å². The van der Waals surface area contributed by atoms with Crippen LogP contribution in [0.25, 0.3) is 11.0 Å². The number of aromatic amines is 1. The van der Waals surface area contributed by atoms with Gasteiger partial charge in [0.05, 0.1) is 11.8 Å². The van der Waals surface area contributed by atoms with E-state index in [0.717, 1.165) is 86.9 Å². The molecular weight excluding hydrogens is 681 g/mol. The first kappa shape index (κ1) is 37.2. The molecule has 4 aromatic rings. The summed E-state index contributed by atoms with van der Waals surface area (Å²) in [6.45, 7) is 10.7. The van der Waals surface area contributed by atoms with Crippen LogP contribution in [0.4, 0.5) is 5.69 Å². The molecule has 9 nitrogen and oxygen atoms in total. The fraction of sp³-hybridized carbons (Fsp3) is 0.442. The lowest BCUT2D eigenvalue weighted by Crippen LogP contribution is -2.51. The van der Waals surface area contributed by atoms with Crippen LogP contribution in [-0.4, -0.2) is 65.2 Å². The third-order valence-corrected chi connectivity index (χ3v) is 11.7. The maximum Gasteiger partial charge on any atom is 0.252 e. The first-order chi connectivity index (χ1) is 25.7. The van der Waals surface area contributed by atoms with E-state index in [0.29, 0.717) is 23.0 Å². The third kappa shape index (κ3) is 9.54. The molecule has 2 saturated heterocycles. The minimum atomic E-state index is -0.460. The Bertz CT molecular complexity index is 1910. The highest BCUT2D eigenvalue weighted by Gasteiger charge is 2.35. The summed E-state index contributed by atoms with van der Waals surface area (Å²) in [6, 6.07) is 21.0. The van der Waals surface area contributed by atoms with Crippen LogP contribution >= 0.6 is 12.6 Å². The predicted molar refractivity (Wildman–Crippen MR) is 215 cm³/mol. The van der Waals surface area contributed by atoms with Crippen LogP contribution in [0, 0.1) is 17.8 Å². The summed E-state index contributed by atoms with van der Waals surface area (Å²) in [5, 5.41) is 8.14. The van der Waals surface area contributed by atoms with Crippen molar-refractivity contribution in [3.05, 3.63) is 108 Å². The lowest BCUT2D eigenvalue weighted by Gasteiger charge is -2.45. The van der Waals surface area contributed by atoms with Gasteiger partial charge in [-0.2, -0.15) is 0 Å². The minimum Gasteiger partial charge on any atom is -0.455 e. The van der Waals surface area contributed by atoms with Gasteiger partial charge < -0.3 is 30.8 Å². The van der Waals surface area contributed by atoms with Gasteiger partial charge in [-0.1, -0.05) is 30.3 Å². The summed E-state index contributed by atoms with van der Waals surface area (Å²) in [6.07, 6.45) is 14.3. The SMILES string of the molecule is CC1(C)Cc2ccccc2CN1CC1CCNC2C=C(Oc3cnc4[nH]ccc4c3)C(C(N)=O)=CC2CC1.Sc1ccc(NCC2CCOCC2)cc1. The van der Waals surface area contributed by atoms with E-state index in [-0.39, 0.29) is 17.5 Å². The Morgan fingerprint density at radius 3 is 2.60 bits per heavy atom. The highest BCUT2D eigenvalue weighted by Crippen LogP contribution is 2.35. The molecule has 0 saturated carbocycles. The largest absolute Gasteiger partial charge is 0.455 e. The predicted octanol–water partition coefficient (Wildman–Crippen LogP) is 7.28. The molecule has 2 aromatic carbocycles. The molecule has 1 amide bonds. The number of hydrogen-bond acceptors (Lipinski definition) is 8. The number of nitrogens with one attached hydrogen (secondary N) is 3. The highest BCUT2D eigenvalue weighted by molar-refractivity contribution is 7.80. The van der Waals surface area contributed by atoms with Crippen molar-refractivity contribution in [2.75, 3.05) is 38.2 Å². The van der Waals surface area contributed by atoms with E-state index in [4.69, 9.17) is 15.2 Å². The van der Waals surface area contributed by atoms with Crippen molar-refractivity contribution in [3.63, 3.8) is 0 Å². The van der Waals surface area contributed by atoms with Gasteiger partial charge in [0.15, 0.2) is 0 Å². The van der Waals surface area contributed by atoms with Crippen LogP contribution in [0.1, 0.15) is 57.1 Å². The van der Waals surface area contributed by atoms with E-state index in [1.54, 1.807) is 6.20 Å². The fourth-order valence-electron chi connectivity index (χ4n) is 8.15. The number of nitrogens with zero attached hydrogens (tertiary/aromatic N) is 2. The second-order valence-corrected chi connectivity index (χ2v) is 16.2. The molecule has 0 radical (unpaired) electrons. The number of amides is 1. The van der Waals surface area contributed by atoms with Gasteiger partial charge in [-0.3, -0.25) is 9.69 Å². The van der Waals surface area contributed by atoms with Gasteiger partial charge in [0.25, 0.3) is 5.91 Å². The molecule has 53 heavy (non-hydrogen) atoms. The van der Waals surface area contributed by atoms with E-state index >= 15 is 0 Å². The number of primary amides is 1. The van der Waals surface area contributed by atoms with Gasteiger partial charge in [0.2, 0.25) is 0 Å². The Kier molecular flexibility index (Phi) is 11.9. The first-order valence-electron chi connectivity index (χ1n) is 19.2. The summed E-state index contributed by atoms with van der Waals surface area (Å²) < 4.78 is 11.5. The lowest BCUT2D eigenvalue weighted by molar-refractivity contribution is -0.114. The Balaban J connectivity index is 0.000000242. The van der Waals surface area contributed by atoms with Crippen molar-refractivity contribution in [3.8, 4) is 5.75 Å². The molecular formula is C43H54N6O3S. The molecule has 0 bridgehead atoms. The summed E-state index contributed by atoms with van der Waals surface area (Å²) in [5.41, 5.74) is 11.3. The van der Waals surface area contributed by atoms with E-state index in [9.17, 15) is 4.79 Å². The third-order valence-electron chi connectivity index (χ3n) is 11.4. The Morgan fingerprint density at radius 2 is 1.81 bits per heavy atom. The number of H-pyrrole nitrogens is 1. The zero-order chi connectivity index (χ0) is 36.8. The zero-order valence-corrected chi connectivity index (χ0v) is 31.9. The highest BCUT2D eigenvalue weighted by atomic mass is 32.1. The molecule has 4 aliphatic rings. The van der Waals surface area contributed by atoms with Crippen molar-refractivity contribution in [2.45, 2.75) is 75.4 Å². The molecule has 2 aromatic heterocycles. The number of thiol groups is 1. The number of carbonyl (C=O) groups excluding carboxylic acids is 1. The Hall–Kier alpha value is -4.09. The number of benzene rings is 2. The van der Waals surface area contributed by atoms with E-state index in [1.807, 2.05) is 42.6 Å². The number of carbonyl (C=O) groups is 1. The molecule has 5 N–H and O–H groups in total. The Labute approximate surface area is 319 Å². The van der Waals surface area contributed by atoms with Crippen molar-refractivity contribution in [2.24, 2.45) is 23.5 Å². The topological polar surface area (TPSA) is 118 Å². The molecule has 280 valence electrons. The zero-order valence-electron chi connectivity index (χ0n) is 31.0. The molecule has 1 aliphatic carbocycles. The van der Waals surface area contributed by atoms with Gasteiger partial charge >= 0.3 is 0 Å². The quantitative estimate of drug-likeness (QED) is 0.121. The summed E-state index contributed by atoms with van der Waals surface area (Å²) >= 11 is 4.26. The van der Waals surface area contributed by atoms with Crippen molar-refractivity contribution in [1.82, 2.24) is 20.2 Å². The molecule has 2 fully saturated rings. The minimum absolute atomic E-state index is 0.108. The second-order valence-electron chi connectivity index (χ2n) is 15.7. The van der Waals surface area contributed by atoms with Crippen molar-refractivity contribution >= 4 is 35.3 Å². The molecule has 10 heteroatoms. The number of nitrogens with two attached hydrogens (primary N) is 1. The van der Waals surface area contributed by atoms with Crippen LogP contribution in [0.2, 0.25) is 0 Å². The van der Waals surface area contributed by atoms with Crippen molar-refractivity contribution < 1.29 is 14.3 Å². The number of fused-ring (bicyclic) bond motifs is 3. The summed E-state index contributed by atoms with van der Waals surface area (Å²) in [7, 11) is 0.